The van der Waals surface area contributed by atoms with Gasteiger partial charge in [0, 0.05) is 32.6 Å². The summed E-state index contributed by atoms with van der Waals surface area (Å²) in [6.45, 7) is 0. The first-order valence-electron chi connectivity index (χ1n) is 21.6. The van der Waals surface area contributed by atoms with Gasteiger partial charge < -0.3 is 13.6 Å². The second-order valence-corrected chi connectivity index (χ2v) is 10.6. The Morgan fingerprint density at radius 2 is 1.11 bits per heavy atom. The number of hydrogen-bond donors (Lipinski definition) is 0. The Hall–Kier alpha value is -6.06. The average Bonchev–Trinajstić information content (AvgIpc) is 3.93. The number of fused-ring (bicyclic) bond motifs is 9. The quantitative estimate of drug-likeness (QED) is 0.201. The highest BCUT2D eigenvalue weighted by Gasteiger charge is 2.19. The lowest BCUT2D eigenvalue weighted by Gasteiger charge is -2.11. The molecule has 0 saturated carbocycles. The van der Waals surface area contributed by atoms with Gasteiger partial charge in [-0.25, -0.2) is 0 Å². The van der Waals surface area contributed by atoms with Gasteiger partial charge in [-0.2, -0.15) is 0 Å². The van der Waals surface area contributed by atoms with Gasteiger partial charge in [0.1, 0.15) is 11.2 Å². The molecule has 10 aromatic rings. The summed E-state index contributed by atoms with van der Waals surface area (Å²) in [6.07, 6.45) is 0. The van der Waals surface area contributed by atoms with E-state index in [-0.39, 0.29) is 43.6 Å². The van der Waals surface area contributed by atoms with E-state index >= 15 is 0 Å². The molecule has 0 saturated heterocycles. The Morgan fingerprint density at radius 3 is 1.84 bits per heavy atom. The Labute approximate surface area is 279 Å². The number of aromatic nitrogens is 2. The van der Waals surface area contributed by atoms with Crippen LogP contribution in [0.3, 0.4) is 0 Å². The molecule has 45 heavy (non-hydrogen) atoms. The third-order valence-electron chi connectivity index (χ3n) is 8.22. The SMILES string of the molecule is [2H]c1c([2H])c([2H])c2c(c1[2H])c1c([2H])c([2H])c([2H])c([2H])c1n2-c1c([2H])c([2H])c2c(c1[2H])c1c([2H])c([2H])c([2H])c([2H])c1n2-c1cccc2oc3ccc(-c4ccccc4)cc3c12. The molecule has 210 valence electrons. The predicted molar refractivity (Wildman–Crippen MR) is 188 cm³/mol. The van der Waals surface area contributed by atoms with Crippen LogP contribution in [0, 0.1) is 0 Å². The summed E-state index contributed by atoms with van der Waals surface area (Å²) in [5, 5.41) is 0.228. The summed E-state index contributed by atoms with van der Waals surface area (Å²) in [5.74, 6) is 0. The van der Waals surface area contributed by atoms with Crippen molar-refractivity contribution in [1.29, 1.82) is 0 Å². The van der Waals surface area contributed by atoms with Crippen LogP contribution in [0.4, 0.5) is 0 Å². The molecule has 0 aliphatic rings. The number of rotatable bonds is 3. The van der Waals surface area contributed by atoms with E-state index in [0.29, 0.717) is 27.6 Å². The molecule has 0 radical (unpaired) electrons. The minimum atomic E-state index is -0.710. The summed E-state index contributed by atoms with van der Waals surface area (Å²) in [7, 11) is 0. The lowest BCUT2D eigenvalue weighted by Crippen LogP contribution is -1.96. The Bertz CT molecular complexity index is 3530. The summed E-state index contributed by atoms with van der Waals surface area (Å²) in [5.41, 5.74) is 1.57. The van der Waals surface area contributed by atoms with Gasteiger partial charge in [-0.1, -0.05) is 96.8 Å². The molecule has 0 fully saturated rings. The zero-order chi connectivity index (χ0) is 42.5. The van der Waals surface area contributed by atoms with E-state index in [2.05, 4.69) is 0 Å². The van der Waals surface area contributed by atoms with Gasteiger partial charge in [-0.05, 0) is 71.6 Å². The molecule has 0 aliphatic heterocycles. The smallest absolute Gasteiger partial charge is 0.137 e. The van der Waals surface area contributed by atoms with Crippen LogP contribution >= 0.6 is 0 Å². The topological polar surface area (TPSA) is 23.0 Å². The highest BCUT2D eigenvalue weighted by atomic mass is 16.3. The molecule has 7 aromatic carbocycles. The van der Waals surface area contributed by atoms with Crippen LogP contribution in [0.15, 0.2) is 162 Å². The third-order valence-corrected chi connectivity index (χ3v) is 8.22. The maximum atomic E-state index is 9.89. The van der Waals surface area contributed by atoms with E-state index in [0.717, 1.165) is 15.7 Å². The number of benzene rings is 7. The third kappa shape index (κ3) is 3.46. The van der Waals surface area contributed by atoms with E-state index in [1.807, 2.05) is 48.5 Å². The minimum Gasteiger partial charge on any atom is -0.456 e. The second-order valence-electron chi connectivity index (χ2n) is 10.6. The molecule has 0 N–H and O–H groups in total. The first-order chi connectivity index (χ1) is 28.6. The predicted octanol–water partition coefficient (Wildman–Crippen LogP) is 11.4. The molecule has 0 aliphatic carbocycles. The summed E-state index contributed by atoms with van der Waals surface area (Å²) in [4.78, 5) is 0. The fourth-order valence-corrected chi connectivity index (χ4v) is 6.31. The summed E-state index contributed by atoms with van der Waals surface area (Å²) < 4.78 is 143. The lowest BCUT2D eigenvalue weighted by molar-refractivity contribution is 0.669. The molecule has 0 unspecified atom stereocenters. The molecule has 10 rings (SSSR count). The van der Waals surface area contributed by atoms with E-state index in [1.54, 1.807) is 18.2 Å². The molecule has 3 aromatic heterocycles. The second kappa shape index (κ2) is 9.22. The highest BCUT2D eigenvalue weighted by Crippen LogP contribution is 2.41. The number of furan rings is 1. The lowest BCUT2D eigenvalue weighted by atomic mass is 10.0. The largest absolute Gasteiger partial charge is 0.456 e. The number of para-hydroxylation sites is 3. The number of nitrogens with zero attached hydrogens (tertiary/aromatic N) is 2. The van der Waals surface area contributed by atoms with Crippen LogP contribution in [-0.2, 0) is 0 Å². The van der Waals surface area contributed by atoms with Gasteiger partial charge in [0.05, 0.1) is 53.7 Å². The van der Waals surface area contributed by atoms with Crippen LogP contribution in [0.2, 0.25) is 0 Å². The summed E-state index contributed by atoms with van der Waals surface area (Å²) >= 11 is 0. The molecular formula is C42H26N2O. The molecule has 0 spiro atoms. The van der Waals surface area contributed by atoms with Crippen molar-refractivity contribution in [2.45, 2.75) is 0 Å². The molecule has 0 bridgehead atoms. The molecular weight excluding hydrogens is 548 g/mol. The van der Waals surface area contributed by atoms with Gasteiger partial charge in [-0.3, -0.25) is 0 Å². The molecule has 3 heteroatoms. The zero-order valence-corrected chi connectivity index (χ0v) is 23.2. The van der Waals surface area contributed by atoms with Crippen LogP contribution in [0.1, 0.15) is 20.6 Å². The van der Waals surface area contributed by atoms with Crippen molar-refractivity contribution in [1.82, 2.24) is 9.13 Å². The Kier molecular flexibility index (Phi) is 2.90. The van der Waals surface area contributed by atoms with Crippen molar-refractivity contribution >= 4 is 65.6 Å². The van der Waals surface area contributed by atoms with Crippen molar-refractivity contribution in [3.63, 3.8) is 0 Å². The summed E-state index contributed by atoms with van der Waals surface area (Å²) in [6, 6.07) is 11.0. The fraction of sp³-hybridized carbons (Fsp3) is 0. The van der Waals surface area contributed by atoms with Gasteiger partial charge in [0.2, 0.25) is 0 Å². The molecule has 3 heterocycles. The van der Waals surface area contributed by atoms with Crippen molar-refractivity contribution in [2.24, 2.45) is 0 Å². The maximum Gasteiger partial charge on any atom is 0.137 e. The van der Waals surface area contributed by atoms with Crippen molar-refractivity contribution in [3.8, 4) is 22.5 Å². The van der Waals surface area contributed by atoms with Crippen LogP contribution < -0.4 is 0 Å². The number of hydrogen-bond acceptors (Lipinski definition) is 1. The fourth-order valence-electron chi connectivity index (χ4n) is 6.31. The van der Waals surface area contributed by atoms with Crippen LogP contribution in [0.5, 0.6) is 0 Å². The van der Waals surface area contributed by atoms with Crippen LogP contribution in [-0.4, -0.2) is 9.13 Å². The Balaban J connectivity index is 1.43. The van der Waals surface area contributed by atoms with E-state index < -0.39 is 96.3 Å². The zero-order valence-electron chi connectivity index (χ0n) is 38.2. The minimum absolute atomic E-state index is 0.110. The van der Waals surface area contributed by atoms with Crippen molar-refractivity contribution in [2.75, 3.05) is 0 Å². The molecule has 0 atom stereocenters. The van der Waals surface area contributed by atoms with E-state index in [4.69, 9.17) is 18.1 Å². The molecule has 3 nitrogen and oxygen atoms in total. The first kappa shape index (κ1) is 14.1. The first-order valence-corrected chi connectivity index (χ1v) is 14.1. The maximum absolute atomic E-state index is 9.89. The van der Waals surface area contributed by atoms with Crippen LogP contribution in [0.25, 0.3) is 88.1 Å². The molecule has 0 amide bonds. The van der Waals surface area contributed by atoms with Crippen molar-refractivity contribution < 1.29 is 25.0 Å². The monoisotopic (exact) mass is 589 g/mol. The van der Waals surface area contributed by atoms with Gasteiger partial charge in [0.25, 0.3) is 0 Å². The normalized spacial score (nSPS) is 16.7. The average molecular weight is 590 g/mol. The highest BCUT2D eigenvalue weighted by molar-refractivity contribution is 6.16. The van der Waals surface area contributed by atoms with E-state index in [1.165, 1.54) is 4.57 Å². The van der Waals surface area contributed by atoms with Gasteiger partial charge in [-0.15, -0.1) is 0 Å². The van der Waals surface area contributed by atoms with E-state index in [9.17, 15) is 6.85 Å². The van der Waals surface area contributed by atoms with Gasteiger partial charge >= 0.3 is 0 Å². The standard InChI is InChI=1S/C42H26N2O/c1-2-11-27(12-3-1)28-21-24-40-34(25-28)42-39(19-10-20-41(42)45-40)44-37-18-9-6-15-32(37)33-26-29(22-23-38(33)44)43-35-16-7-4-13-30(35)31-14-5-8-17-36(31)43/h1-26H/i4D,5D,6D,7D,8D,9D,13D,14D,15D,16D,17D,18D,22D,23D,26D. The Morgan fingerprint density at radius 1 is 0.467 bits per heavy atom. The van der Waals surface area contributed by atoms with Gasteiger partial charge in [0.15, 0.2) is 0 Å². The van der Waals surface area contributed by atoms with Crippen molar-refractivity contribution in [3.05, 3.63) is 157 Å².